The fraction of sp³-hybridized carbons (Fsp3) is 0.111. The number of amides is 1. The first-order valence-corrected chi connectivity index (χ1v) is 8.35. The van der Waals surface area contributed by atoms with Gasteiger partial charge in [-0.2, -0.15) is 5.10 Å². The van der Waals surface area contributed by atoms with Gasteiger partial charge in [-0.3, -0.25) is 9.48 Å². The fourth-order valence-corrected chi connectivity index (χ4v) is 2.77. The average molecular weight is 394 g/mol. The summed E-state index contributed by atoms with van der Waals surface area (Å²) in [6.45, 7) is 0.0836. The van der Waals surface area contributed by atoms with Gasteiger partial charge in [-0.05, 0) is 30.3 Å². The Bertz CT molecular complexity index is 939. The zero-order valence-corrected chi connectivity index (χ0v) is 15.2. The highest BCUT2D eigenvalue weighted by atomic mass is 35.5. The van der Waals surface area contributed by atoms with E-state index in [1.807, 2.05) is 0 Å². The number of ether oxygens (including phenoxy) is 1. The summed E-state index contributed by atoms with van der Waals surface area (Å²) in [6.07, 6.45) is 1.49. The van der Waals surface area contributed by atoms with Crippen LogP contribution in [0.15, 0.2) is 48.7 Å². The molecule has 0 unspecified atom stereocenters. The minimum Gasteiger partial charge on any atom is -0.497 e. The molecule has 0 fully saturated rings. The Morgan fingerprint density at radius 1 is 1.23 bits per heavy atom. The summed E-state index contributed by atoms with van der Waals surface area (Å²) in [6, 6.07) is 11.1. The number of rotatable bonds is 5. The van der Waals surface area contributed by atoms with E-state index >= 15 is 0 Å². The number of anilines is 1. The molecular weight excluding hydrogens is 380 g/mol. The van der Waals surface area contributed by atoms with E-state index in [0.717, 1.165) is 0 Å². The molecule has 0 saturated heterocycles. The summed E-state index contributed by atoms with van der Waals surface area (Å²) in [5, 5.41) is 7.34. The lowest BCUT2D eigenvalue weighted by Gasteiger charge is -2.06. The number of carbonyl (C=O) groups is 1. The Balaban J connectivity index is 1.79. The van der Waals surface area contributed by atoms with Crippen LogP contribution >= 0.6 is 23.2 Å². The zero-order chi connectivity index (χ0) is 18.7. The Morgan fingerprint density at radius 2 is 2.00 bits per heavy atom. The molecule has 1 aromatic heterocycles. The van der Waals surface area contributed by atoms with Crippen molar-refractivity contribution in [1.29, 1.82) is 0 Å². The van der Waals surface area contributed by atoms with Crippen molar-refractivity contribution in [2.75, 3.05) is 12.4 Å². The molecule has 134 valence electrons. The Kier molecular flexibility index (Phi) is 5.44. The van der Waals surface area contributed by atoms with Crippen LogP contribution in [0.4, 0.5) is 10.2 Å². The van der Waals surface area contributed by atoms with Gasteiger partial charge in [0.15, 0.2) is 5.82 Å². The van der Waals surface area contributed by atoms with Crippen molar-refractivity contribution < 1.29 is 13.9 Å². The third-order valence-electron chi connectivity index (χ3n) is 3.66. The Labute approximate surface area is 159 Å². The topological polar surface area (TPSA) is 56.1 Å². The van der Waals surface area contributed by atoms with E-state index in [4.69, 9.17) is 27.9 Å². The minimum absolute atomic E-state index is 0.0836. The standard InChI is InChI=1S/C18H14Cl2FN3O2/c1-26-12-5-2-4-11(8-12)18(25)22-17-15(20)10-24(23-17)9-13-14(19)6-3-7-16(13)21/h2-8,10H,9H2,1H3,(H,22,23,25). The van der Waals surface area contributed by atoms with Crippen LogP contribution in [0, 0.1) is 5.82 Å². The van der Waals surface area contributed by atoms with Gasteiger partial charge in [-0.1, -0.05) is 35.3 Å². The summed E-state index contributed by atoms with van der Waals surface area (Å²) in [7, 11) is 1.52. The molecule has 0 spiro atoms. The van der Waals surface area contributed by atoms with E-state index in [1.54, 1.807) is 30.3 Å². The monoisotopic (exact) mass is 393 g/mol. The number of carbonyl (C=O) groups excluding carboxylic acids is 1. The quantitative estimate of drug-likeness (QED) is 0.686. The second kappa shape index (κ2) is 7.76. The summed E-state index contributed by atoms with van der Waals surface area (Å²) in [4.78, 5) is 12.4. The number of methoxy groups -OCH3 is 1. The SMILES string of the molecule is COc1cccc(C(=O)Nc2nn(Cc3c(F)cccc3Cl)cc2Cl)c1. The van der Waals surface area contributed by atoms with Crippen LogP contribution in [-0.2, 0) is 6.54 Å². The highest BCUT2D eigenvalue weighted by Gasteiger charge is 2.15. The van der Waals surface area contributed by atoms with Crippen molar-refractivity contribution in [1.82, 2.24) is 9.78 Å². The molecule has 0 bridgehead atoms. The lowest BCUT2D eigenvalue weighted by Crippen LogP contribution is -2.13. The number of aromatic nitrogens is 2. The Morgan fingerprint density at radius 3 is 2.73 bits per heavy atom. The lowest BCUT2D eigenvalue weighted by atomic mass is 10.2. The molecule has 0 aliphatic rings. The van der Waals surface area contributed by atoms with Crippen LogP contribution < -0.4 is 10.1 Å². The molecule has 5 nitrogen and oxygen atoms in total. The number of nitrogens with zero attached hydrogens (tertiary/aromatic N) is 2. The van der Waals surface area contributed by atoms with Crippen molar-refractivity contribution in [3.8, 4) is 5.75 Å². The molecule has 1 amide bonds. The van der Waals surface area contributed by atoms with Gasteiger partial charge < -0.3 is 10.1 Å². The highest BCUT2D eigenvalue weighted by molar-refractivity contribution is 6.33. The lowest BCUT2D eigenvalue weighted by molar-refractivity contribution is 0.102. The number of hydrogen-bond donors (Lipinski definition) is 1. The highest BCUT2D eigenvalue weighted by Crippen LogP contribution is 2.24. The molecule has 0 radical (unpaired) electrons. The van der Waals surface area contributed by atoms with Crippen molar-refractivity contribution in [2.24, 2.45) is 0 Å². The molecule has 3 aromatic rings. The summed E-state index contributed by atoms with van der Waals surface area (Å²) < 4.78 is 20.4. The van der Waals surface area contributed by atoms with Crippen molar-refractivity contribution in [2.45, 2.75) is 6.54 Å². The van der Waals surface area contributed by atoms with Crippen LogP contribution in [0.5, 0.6) is 5.75 Å². The largest absolute Gasteiger partial charge is 0.497 e. The Hall–Kier alpha value is -2.57. The van der Waals surface area contributed by atoms with Gasteiger partial charge in [-0.15, -0.1) is 0 Å². The van der Waals surface area contributed by atoms with Gasteiger partial charge in [-0.25, -0.2) is 4.39 Å². The number of benzene rings is 2. The fourth-order valence-electron chi connectivity index (χ4n) is 2.35. The average Bonchev–Trinajstić information content (AvgIpc) is 2.97. The van der Waals surface area contributed by atoms with Gasteiger partial charge in [0, 0.05) is 22.3 Å². The molecule has 3 rings (SSSR count). The van der Waals surface area contributed by atoms with Crippen LogP contribution in [0.2, 0.25) is 10.0 Å². The first kappa shape index (κ1) is 18.2. The first-order valence-electron chi connectivity index (χ1n) is 7.59. The number of halogens is 3. The second-order valence-corrected chi connectivity index (χ2v) is 6.22. The summed E-state index contributed by atoms with van der Waals surface area (Å²) >= 11 is 12.2. The second-order valence-electron chi connectivity index (χ2n) is 5.41. The van der Waals surface area contributed by atoms with Gasteiger partial charge in [0.05, 0.1) is 13.7 Å². The predicted octanol–water partition coefficient (Wildman–Crippen LogP) is 4.64. The van der Waals surface area contributed by atoms with Gasteiger partial charge in [0.25, 0.3) is 5.91 Å². The zero-order valence-electron chi connectivity index (χ0n) is 13.7. The van der Waals surface area contributed by atoms with Gasteiger partial charge in [0.1, 0.15) is 16.6 Å². The van der Waals surface area contributed by atoms with E-state index in [0.29, 0.717) is 21.9 Å². The van der Waals surface area contributed by atoms with Gasteiger partial charge in [0.2, 0.25) is 0 Å². The maximum Gasteiger partial charge on any atom is 0.257 e. The molecule has 2 aromatic carbocycles. The first-order chi connectivity index (χ1) is 12.5. The molecule has 1 heterocycles. The number of nitrogens with one attached hydrogen (secondary N) is 1. The third-order valence-corrected chi connectivity index (χ3v) is 4.29. The summed E-state index contributed by atoms with van der Waals surface area (Å²) in [5.41, 5.74) is 0.686. The summed E-state index contributed by atoms with van der Waals surface area (Å²) in [5.74, 6) is -0.0959. The molecule has 0 saturated carbocycles. The molecular formula is C18H14Cl2FN3O2. The maximum absolute atomic E-state index is 13.9. The van der Waals surface area contributed by atoms with E-state index in [2.05, 4.69) is 10.4 Å². The normalized spacial score (nSPS) is 10.6. The van der Waals surface area contributed by atoms with Crippen LogP contribution in [0.25, 0.3) is 0 Å². The molecule has 8 heteroatoms. The molecule has 1 N–H and O–H groups in total. The van der Waals surface area contributed by atoms with E-state index < -0.39 is 5.82 Å². The van der Waals surface area contributed by atoms with Crippen LogP contribution in [-0.4, -0.2) is 22.8 Å². The molecule has 0 atom stereocenters. The molecule has 26 heavy (non-hydrogen) atoms. The number of hydrogen-bond acceptors (Lipinski definition) is 3. The maximum atomic E-state index is 13.9. The third kappa shape index (κ3) is 3.98. The van der Waals surface area contributed by atoms with Gasteiger partial charge >= 0.3 is 0 Å². The van der Waals surface area contributed by atoms with Crippen molar-refractivity contribution >= 4 is 34.9 Å². The van der Waals surface area contributed by atoms with Crippen LogP contribution in [0.1, 0.15) is 15.9 Å². The molecule has 0 aliphatic carbocycles. The molecule has 0 aliphatic heterocycles. The van der Waals surface area contributed by atoms with E-state index in [-0.39, 0.29) is 23.3 Å². The smallest absolute Gasteiger partial charge is 0.257 e. The minimum atomic E-state index is -0.439. The van der Waals surface area contributed by atoms with E-state index in [9.17, 15) is 9.18 Å². The van der Waals surface area contributed by atoms with Crippen molar-refractivity contribution in [3.05, 3.63) is 75.7 Å². The predicted molar refractivity (Wildman–Crippen MR) is 98.7 cm³/mol. The van der Waals surface area contributed by atoms with Crippen molar-refractivity contribution in [3.63, 3.8) is 0 Å². The van der Waals surface area contributed by atoms with E-state index in [1.165, 1.54) is 30.1 Å². The van der Waals surface area contributed by atoms with Crippen LogP contribution in [0.3, 0.4) is 0 Å².